The minimum atomic E-state index is -0.255. The molecule has 6 heteroatoms. The Morgan fingerprint density at radius 3 is 2.70 bits per heavy atom. The number of hydrazone groups is 1. The number of carbonyl (C=O) groups excluding carboxylic acids is 1. The second-order valence-electron chi connectivity index (χ2n) is 4.53. The van der Waals surface area contributed by atoms with Gasteiger partial charge in [0.15, 0.2) is 11.5 Å². The molecular formula is C17H17IN2O3. The van der Waals surface area contributed by atoms with E-state index in [0.717, 1.165) is 9.13 Å². The van der Waals surface area contributed by atoms with Gasteiger partial charge in [0, 0.05) is 5.56 Å². The molecule has 0 aliphatic heterocycles. The molecule has 2 aromatic carbocycles. The van der Waals surface area contributed by atoms with E-state index >= 15 is 0 Å². The van der Waals surface area contributed by atoms with Gasteiger partial charge in [-0.25, -0.2) is 5.43 Å². The van der Waals surface area contributed by atoms with Crippen LogP contribution in [0.2, 0.25) is 0 Å². The summed E-state index contributed by atoms with van der Waals surface area (Å²) in [5.41, 5.74) is 3.87. The Hall–Kier alpha value is -2.09. The smallest absolute Gasteiger partial charge is 0.271 e. The molecule has 0 saturated heterocycles. The van der Waals surface area contributed by atoms with Crippen molar-refractivity contribution in [2.45, 2.75) is 6.92 Å². The van der Waals surface area contributed by atoms with Crippen LogP contribution in [-0.4, -0.2) is 25.8 Å². The summed E-state index contributed by atoms with van der Waals surface area (Å²) in [5, 5.41) is 3.99. The molecule has 1 N–H and O–H groups in total. The number of nitrogens with one attached hydrogen (secondary N) is 1. The summed E-state index contributed by atoms with van der Waals surface area (Å²) in [7, 11) is 1.59. The minimum absolute atomic E-state index is 0.255. The maximum Gasteiger partial charge on any atom is 0.271 e. The normalized spacial score (nSPS) is 10.6. The van der Waals surface area contributed by atoms with Crippen LogP contribution in [0.25, 0.3) is 0 Å². The Morgan fingerprint density at radius 2 is 2.04 bits per heavy atom. The summed E-state index contributed by atoms with van der Waals surface area (Å²) in [5.74, 6) is 1.09. The quantitative estimate of drug-likeness (QED) is 0.439. The highest BCUT2D eigenvalue weighted by molar-refractivity contribution is 14.1. The number of nitrogens with zero attached hydrogens (tertiary/aromatic N) is 1. The van der Waals surface area contributed by atoms with E-state index in [1.165, 1.54) is 0 Å². The Bertz CT molecular complexity index is 702. The summed E-state index contributed by atoms with van der Waals surface area (Å²) in [6.45, 7) is 2.48. The van der Waals surface area contributed by atoms with Gasteiger partial charge in [0.2, 0.25) is 0 Å². The van der Waals surface area contributed by atoms with Gasteiger partial charge in [-0.15, -0.1) is 0 Å². The zero-order valence-electron chi connectivity index (χ0n) is 12.9. The molecule has 0 unspecified atom stereocenters. The molecule has 0 radical (unpaired) electrons. The van der Waals surface area contributed by atoms with Crippen LogP contribution in [0.15, 0.2) is 47.6 Å². The standard InChI is InChI=1S/C17H17IN2O3/c1-3-23-16-14(18)9-12(10-15(16)22-2)11-19-20-17(21)13-7-5-4-6-8-13/h4-11H,3H2,1-2H3,(H,20,21)/b19-11-. The molecule has 1 amide bonds. The van der Waals surface area contributed by atoms with Crippen molar-refractivity contribution in [1.29, 1.82) is 0 Å². The average Bonchev–Trinajstić information content (AvgIpc) is 2.57. The van der Waals surface area contributed by atoms with Crippen LogP contribution in [0.1, 0.15) is 22.8 Å². The molecule has 23 heavy (non-hydrogen) atoms. The molecule has 0 saturated carbocycles. The largest absolute Gasteiger partial charge is 0.493 e. The average molecular weight is 424 g/mol. The van der Waals surface area contributed by atoms with E-state index < -0.39 is 0 Å². The zero-order chi connectivity index (χ0) is 16.7. The molecule has 5 nitrogen and oxygen atoms in total. The lowest BCUT2D eigenvalue weighted by molar-refractivity contribution is 0.0955. The summed E-state index contributed by atoms with van der Waals surface area (Å²) >= 11 is 2.18. The van der Waals surface area contributed by atoms with Crippen LogP contribution in [-0.2, 0) is 0 Å². The van der Waals surface area contributed by atoms with Crippen molar-refractivity contribution in [1.82, 2.24) is 5.43 Å². The van der Waals surface area contributed by atoms with Gasteiger partial charge in [0.25, 0.3) is 5.91 Å². The van der Waals surface area contributed by atoms with Crippen LogP contribution < -0.4 is 14.9 Å². The van der Waals surface area contributed by atoms with E-state index in [1.807, 2.05) is 25.1 Å². The van der Waals surface area contributed by atoms with Gasteiger partial charge in [-0.05, 0) is 59.3 Å². The highest BCUT2D eigenvalue weighted by Crippen LogP contribution is 2.33. The van der Waals surface area contributed by atoms with Gasteiger partial charge in [0.05, 0.1) is 23.5 Å². The molecule has 0 heterocycles. The van der Waals surface area contributed by atoms with E-state index in [2.05, 4.69) is 33.1 Å². The molecule has 2 aromatic rings. The van der Waals surface area contributed by atoms with E-state index in [-0.39, 0.29) is 5.91 Å². The summed E-state index contributed by atoms with van der Waals surface area (Å²) in [6.07, 6.45) is 1.57. The van der Waals surface area contributed by atoms with Gasteiger partial charge in [-0.2, -0.15) is 5.10 Å². The van der Waals surface area contributed by atoms with Gasteiger partial charge in [-0.3, -0.25) is 4.79 Å². The fourth-order valence-corrected chi connectivity index (χ4v) is 2.70. The molecule has 0 fully saturated rings. The zero-order valence-corrected chi connectivity index (χ0v) is 15.0. The van der Waals surface area contributed by atoms with E-state index in [9.17, 15) is 4.79 Å². The minimum Gasteiger partial charge on any atom is -0.493 e. The van der Waals surface area contributed by atoms with Gasteiger partial charge in [0.1, 0.15) is 0 Å². The SMILES string of the molecule is CCOc1c(I)cc(/C=N\NC(=O)c2ccccc2)cc1OC. The second kappa shape index (κ2) is 8.52. The summed E-state index contributed by atoms with van der Waals surface area (Å²) in [4.78, 5) is 11.9. The maximum atomic E-state index is 11.9. The lowest BCUT2D eigenvalue weighted by Crippen LogP contribution is -2.17. The Kier molecular flexibility index (Phi) is 6.40. The number of rotatable bonds is 6. The summed E-state index contributed by atoms with van der Waals surface area (Å²) in [6, 6.07) is 12.6. The van der Waals surface area contributed by atoms with Crippen molar-refractivity contribution in [3.63, 3.8) is 0 Å². The molecule has 0 atom stereocenters. The van der Waals surface area contributed by atoms with Crippen LogP contribution >= 0.6 is 22.6 Å². The van der Waals surface area contributed by atoms with E-state index in [1.54, 1.807) is 37.6 Å². The highest BCUT2D eigenvalue weighted by Gasteiger charge is 2.10. The molecule has 0 aliphatic carbocycles. The highest BCUT2D eigenvalue weighted by atomic mass is 127. The first-order valence-corrected chi connectivity index (χ1v) is 8.12. The second-order valence-corrected chi connectivity index (χ2v) is 5.69. The number of benzene rings is 2. The van der Waals surface area contributed by atoms with Crippen molar-refractivity contribution in [2.24, 2.45) is 5.10 Å². The van der Waals surface area contributed by atoms with Crippen molar-refractivity contribution in [3.05, 3.63) is 57.2 Å². The third kappa shape index (κ3) is 4.69. The summed E-state index contributed by atoms with van der Waals surface area (Å²) < 4.78 is 11.8. The number of carbonyl (C=O) groups is 1. The molecule has 120 valence electrons. The van der Waals surface area contributed by atoms with Crippen LogP contribution in [0.5, 0.6) is 11.5 Å². The van der Waals surface area contributed by atoms with Crippen molar-refractivity contribution < 1.29 is 14.3 Å². The van der Waals surface area contributed by atoms with E-state index in [4.69, 9.17) is 9.47 Å². The molecule has 0 bridgehead atoms. The number of methoxy groups -OCH3 is 1. The first-order valence-electron chi connectivity index (χ1n) is 7.04. The van der Waals surface area contributed by atoms with Gasteiger partial charge < -0.3 is 9.47 Å². The Labute approximate surface area is 148 Å². The van der Waals surface area contributed by atoms with Gasteiger partial charge >= 0.3 is 0 Å². The van der Waals surface area contributed by atoms with Crippen LogP contribution in [0.4, 0.5) is 0 Å². The number of ether oxygens (including phenoxy) is 2. The first kappa shape index (κ1) is 17.3. The molecule has 2 rings (SSSR count). The van der Waals surface area contributed by atoms with Crippen LogP contribution in [0.3, 0.4) is 0 Å². The topological polar surface area (TPSA) is 59.9 Å². The molecule has 0 aromatic heterocycles. The lowest BCUT2D eigenvalue weighted by Gasteiger charge is -2.12. The third-order valence-electron chi connectivity index (χ3n) is 2.96. The van der Waals surface area contributed by atoms with E-state index in [0.29, 0.717) is 23.7 Å². The van der Waals surface area contributed by atoms with Crippen molar-refractivity contribution in [2.75, 3.05) is 13.7 Å². The monoisotopic (exact) mass is 424 g/mol. The number of hydrogen-bond acceptors (Lipinski definition) is 4. The van der Waals surface area contributed by atoms with Gasteiger partial charge in [-0.1, -0.05) is 18.2 Å². The number of amides is 1. The Balaban J connectivity index is 2.11. The molecule has 0 aliphatic rings. The number of halogens is 1. The number of hydrogen-bond donors (Lipinski definition) is 1. The predicted octanol–water partition coefficient (Wildman–Crippen LogP) is 3.46. The molecular weight excluding hydrogens is 407 g/mol. The fraction of sp³-hybridized carbons (Fsp3) is 0.176. The van der Waals surface area contributed by atoms with Crippen molar-refractivity contribution in [3.8, 4) is 11.5 Å². The van der Waals surface area contributed by atoms with Crippen LogP contribution in [0, 0.1) is 3.57 Å². The molecule has 0 spiro atoms. The third-order valence-corrected chi connectivity index (χ3v) is 3.76. The maximum absolute atomic E-state index is 11.9. The van der Waals surface area contributed by atoms with Crippen molar-refractivity contribution >= 4 is 34.7 Å². The lowest BCUT2D eigenvalue weighted by atomic mass is 10.2. The first-order chi connectivity index (χ1) is 11.2. The Morgan fingerprint density at radius 1 is 1.30 bits per heavy atom. The predicted molar refractivity (Wildman–Crippen MR) is 98.4 cm³/mol. The fourth-order valence-electron chi connectivity index (χ4n) is 1.92.